The van der Waals surface area contributed by atoms with Gasteiger partial charge in [0.25, 0.3) is 0 Å². The summed E-state index contributed by atoms with van der Waals surface area (Å²) in [4.78, 5) is 18.7. The van der Waals surface area contributed by atoms with Gasteiger partial charge in [0.1, 0.15) is 5.75 Å². The summed E-state index contributed by atoms with van der Waals surface area (Å²) in [5.74, 6) is 1.70. The molecule has 27 heavy (non-hydrogen) atoms. The fourth-order valence-corrected chi connectivity index (χ4v) is 3.04. The van der Waals surface area contributed by atoms with Crippen LogP contribution in [0.25, 0.3) is 0 Å². The standard InChI is InChI=1S/C20H31N3O3.HI/c1-4-13-26-18-8-6-7-16(14-18)15-22-20(21-5-2)23-11-9-17(10-12-23)19(24)25-3;/h6-8,14,17H,4-5,9-13,15H2,1-3H3,(H,21,22);1H. The number of carbonyl (C=O) groups excluding carboxylic acids is 1. The fourth-order valence-electron chi connectivity index (χ4n) is 3.04. The topological polar surface area (TPSA) is 63.2 Å². The Morgan fingerprint density at radius 2 is 2.04 bits per heavy atom. The maximum absolute atomic E-state index is 11.7. The number of hydrogen-bond donors (Lipinski definition) is 1. The van der Waals surface area contributed by atoms with E-state index in [9.17, 15) is 4.79 Å². The number of methoxy groups -OCH3 is 1. The van der Waals surface area contributed by atoms with Crippen LogP contribution in [0, 0.1) is 5.92 Å². The molecule has 0 radical (unpaired) electrons. The first-order valence-electron chi connectivity index (χ1n) is 9.50. The molecule has 1 aromatic carbocycles. The minimum absolute atomic E-state index is 0. The first-order chi connectivity index (χ1) is 12.7. The number of halogens is 1. The SMILES string of the molecule is CCCOc1cccc(CN=C(NCC)N2CCC(C(=O)OC)CC2)c1.I. The van der Waals surface area contributed by atoms with Crippen molar-refractivity contribution in [3.05, 3.63) is 29.8 Å². The molecule has 2 rings (SSSR count). The van der Waals surface area contributed by atoms with Crippen molar-refractivity contribution < 1.29 is 14.3 Å². The summed E-state index contributed by atoms with van der Waals surface area (Å²) in [5, 5.41) is 3.36. The van der Waals surface area contributed by atoms with Gasteiger partial charge in [-0.25, -0.2) is 4.99 Å². The van der Waals surface area contributed by atoms with Crippen LogP contribution in [0.2, 0.25) is 0 Å². The molecule has 1 saturated heterocycles. The van der Waals surface area contributed by atoms with Gasteiger partial charge < -0.3 is 19.7 Å². The van der Waals surface area contributed by atoms with E-state index in [0.29, 0.717) is 6.54 Å². The minimum atomic E-state index is -0.101. The first-order valence-corrected chi connectivity index (χ1v) is 9.50. The molecule has 0 aliphatic carbocycles. The average Bonchev–Trinajstić information content (AvgIpc) is 2.69. The molecular formula is C20H32IN3O3. The number of carbonyl (C=O) groups is 1. The van der Waals surface area contributed by atoms with Crippen molar-refractivity contribution in [3.8, 4) is 5.75 Å². The second-order valence-corrected chi connectivity index (χ2v) is 6.45. The molecule has 1 aliphatic heterocycles. The van der Waals surface area contributed by atoms with Crippen molar-refractivity contribution in [2.45, 2.75) is 39.7 Å². The van der Waals surface area contributed by atoms with E-state index in [2.05, 4.69) is 30.1 Å². The Bertz CT molecular complexity index is 602. The van der Waals surface area contributed by atoms with Gasteiger partial charge in [0.2, 0.25) is 0 Å². The summed E-state index contributed by atoms with van der Waals surface area (Å²) in [6, 6.07) is 8.10. The number of hydrogen-bond acceptors (Lipinski definition) is 4. The van der Waals surface area contributed by atoms with Crippen molar-refractivity contribution in [2.24, 2.45) is 10.9 Å². The smallest absolute Gasteiger partial charge is 0.308 e. The van der Waals surface area contributed by atoms with Crippen molar-refractivity contribution >= 4 is 35.9 Å². The van der Waals surface area contributed by atoms with E-state index in [1.165, 1.54) is 7.11 Å². The fraction of sp³-hybridized carbons (Fsp3) is 0.600. The molecule has 0 amide bonds. The monoisotopic (exact) mass is 489 g/mol. The first kappa shape index (κ1) is 23.5. The molecule has 0 atom stereocenters. The molecule has 7 heteroatoms. The summed E-state index contributed by atoms with van der Waals surface area (Å²) in [6.45, 7) is 7.93. The van der Waals surface area contributed by atoms with Gasteiger partial charge in [-0.15, -0.1) is 24.0 Å². The number of rotatable bonds is 7. The lowest BCUT2D eigenvalue weighted by Crippen LogP contribution is -2.46. The zero-order valence-corrected chi connectivity index (χ0v) is 18.9. The largest absolute Gasteiger partial charge is 0.494 e. The minimum Gasteiger partial charge on any atom is -0.494 e. The van der Waals surface area contributed by atoms with Crippen LogP contribution in [0.4, 0.5) is 0 Å². The number of piperidine rings is 1. The zero-order valence-electron chi connectivity index (χ0n) is 16.6. The number of benzene rings is 1. The van der Waals surface area contributed by atoms with Gasteiger partial charge in [0.05, 0.1) is 26.2 Å². The Balaban J connectivity index is 0.00000364. The Hall–Kier alpha value is -1.51. The predicted octanol–water partition coefficient (Wildman–Crippen LogP) is 3.44. The van der Waals surface area contributed by atoms with E-state index in [-0.39, 0.29) is 35.9 Å². The maximum Gasteiger partial charge on any atom is 0.308 e. The average molecular weight is 489 g/mol. The molecule has 1 aromatic rings. The third kappa shape index (κ3) is 7.56. The van der Waals surface area contributed by atoms with Gasteiger partial charge >= 0.3 is 5.97 Å². The van der Waals surface area contributed by atoms with Gasteiger partial charge in [-0.1, -0.05) is 19.1 Å². The molecule has 0 bridgehead atoms. The number of nitrogens with one attached hydrogen (secondary N) is 1. The van der Waals surface area contributed by atoms with E-state index in [1.54, 1.807) is 0 Å². The normalized spacial score (nSPS) is 15.1. The highest BCUT2D eigenvalue weighted by Gasteiger charge is 2.26. The molecule has 152 valence electrons. The molecule has 1 aliphatic rings. The van der Waals surface area contributed by atoms with Crippen LogP contribution in [-0.4, -0.2) is 50.2 Å². The van der Waals surface area contributed by atoms with Gasteiger partial charge in [0, 0.05) is 19.6 Å². The van der Waals surface area contributed by atoms with Crippen molar-refractivity contribution in [1.29, 1.82) is 0 Å². The van der Waals surface area contributed by atoms with Crippen molar-refractivity contribution in [1.82, 2.24) is 10.2 Å². The molecule has 0 aromatic heterocycles. The Morgan fingerprint density at radius 3 is 2.67 bits per heavy atom. The van der Waals surface area contributed by atoms with E-state index in [1.807, 2.05) is 18.2 Å². The van der Waals surface area contributed by atoms with Crippen LogP contribution in [0.15, 0.2) is 29.3 Å². The van der Waals surface area contributed by atoms with Crippen LogP contribution in [-0.2, 0) is 16.1 Å². The molecule has 0 unspecified atom stereocenters. The highest BCUT2D eigenvalue weighted by Crippen LogP contribution is 2.19. The molecule has 6 nitrogen and oxygen atoms in total. The van der Waals surface area contributed by atoms with Crippen LogP contribution >= 0.6 is 24.0 Å². The lowest BCUT2D eigenvalue weighted by molar-refractivity contribution is -0.146. The lowest BCUT2D eigenvalue weighted by atomic mass is 9.97. The van der Waals surface area contributed by atoms with E-state index in [0.717, 1.165) is 62.8 Å². The predicted molar refractivity (Wildman–Crippen MR) is 119 cm³/mol. The summed E-state index contributed by atoms with van der Waals surface area (Å²) in [5.41, 5.74) is 1.12. The summed E-state index contributed by atoms with van der Waals surface area (Å²) >= 11 is 0. The molecular weight excluding hydrogens is 457 g/mol. The molecule has 0 saturated carbocycles. The van der Waals surface area contributed by atoms with Gasteiger partial charge in [-0.05, 0) is 43.9 Å². The van der Waals surface area contributed by atoms with Gasteiger partial charge in [-0.2, -0.15) is 0 Å². The number of aliphatic imine (C=N–C) groups is 1. The van der Waals surface area contributed by atoms with Gasteiger partial charge in [-0.3, -0.25) is 4.79 Å². The maximum atomic E-state index is 11.7. The highest BCUT2D eigenvalue weighted by atomic mass is 127. The van der Waals surface area contributed by atoms with Crippen LogP contribution in [0.5, 0.6) is 5.75 Å². The Kier molecular flexibility index (Phi) is 11.2. The van der Waals surface area contributed by atoms with E-state index in [4.69, 9.17) is 14.5 Å². The summed E-state index contributed by atoms with van der Waals surface area (Å²) in [7, 11) is 1.46. The van der Waals surface area contributed by atoms with E-state index < -0.39 is 0 Å². The summed E-state index contributed by atoms with van der Waals surface area (Å²) in [6.07, 6.45) is 2.60. The second-order valence-electron chi connectivity index (χ2n) is 6.45. The second kappa shape index (κ2) is 12.8. The number of likely N-dealkylation sites (tertiary alicyclic amines) is 1. The Morgan fingerprint density at radius 1 is 1.30 bits per heavy atom. The third-order valence-electron chi connectivity index (χ3n) is 4.45. The molecule has 0 spiro atoms. The molecule has 1 heterocycles. The molecule has 1 N–H and O–H groups in total. The Labute approximate surface area is 179 Å². The van der Waals surface area contributed by atoms with Crippen molar-refractivity contribution in [3.63, 3.8) is 0 Å². The third-order valence-corrected chi connectivity index (χ3v) is 4.45. The zero-order chi connectivity index (χ0) is 18.8. The van der Waals surface area contributed by atoms with E-state index >= 15 is 0 Å². The number of esters is 1. The van der Waals surface area contributed by atoms with Gasteiger partial charge in [0.15, 0.2) is 5.96 Å². The highest BCUT2D eigenvalue weighted by molar-refractivity contribution is 14.0. The summed E-state index contributed by atoms with van der Waals surface area (Å²) < 4.78 is 10.6. The quantitative estimate of drug-likeness (QED) is 0.275. The van der Waals surface area contributed by atoms with Crippen LogP contribution in [0.3, 0.4) is 0 Å². The van der Waals surface area contributed by atoms with Crippen molar-refractivity contribution in [2.75, 3.05) is 33.4 Å². The van der Waals surface area contributed by atoms with Crippen LogP contribution in [0.1, 0.15) is 38.7 Å². The number of guanidine groups is 1. The van der Waals surface area contributed by atoms with Crippen LogP contribution < -0.4 is 10.1 Å². The molecule has 1 fully saturated rings. The number of ether oxygens (including phenoxy) is 2. The lowest BCUT2D eigenvalue weighted by Gasteiger charge is -2.33. The number of nitrogens with zero attached hydrogens (tertiary/aromatic N) is 2.